The minimum atomic E-state index is 1.07. The second-order valence-electron chi connectivity index (χ2n) is 5.29. The number of aromatic nitrogens is 2. The van der Waals surface area contributed by atoms with E-state index in [4.69, 9.17) is 0 Å². The SMILES string of the molecule is Cc1ccc2ccccc2n1.Cc1ccc2ccccc2n1. The molecule has 0 spiro atoms. The highest BCUT2D eigenvalue weighted by molar-refractivity contribution is 5.78. The zero-order valence-electron chi connectivity index (χ0n) is 12.8. The third kappa shape index (κ3) is 3.29. The highest BCUT2D eigenvalue weighted by atomic mass is 14.7. The molecule has 2 nitrogen and oxygen atoms in total. The van der Waals surface area contributed by atoms with E-state index in [1.165, 1.54) is 10.8 Å². The van der Waals surface area contributed by atoms with Crippen LogP contribution in [-0.2, 0) is 0 Å². The van der Waals surface area contributed by atoms with Crippen molar-refractivity contribution in [1.82, 2.24) is 9.97 Å². The van der Waals surface area contributed by atoms with Crippen LogP contribution in [0.1, 0.15) is 11.4 Å². The predicted octanol–water partition coefficient (Wildman–Crippen LogP) is 5.09. The molecule has 0 radical (unpaired) electrons. The quantitative estimate of drug-likeness (QED) is 0.450. The van der Waals surface area contributed by atoms with Crippen molar-refractivity contribution >= 4 is 21.8 Å². The number of aryl methyl sites for hydroxylation is 2. The van der Waals surface area contributed by atoms with Gasteiger partial charge in [0.1, 0.15) is 0 Å². The summed E-state index contributed by atoms with van der Waals surface area (Å²) in [6.45, 7) is 4.01. The maximum absolute atomic E-state index is 4.38. The number of fused-ring (bicyclic) bond motifs is 2. The van der Waals surface area contributed by atoms with Crippen LogP contribution in [0.4, 0.5) is 0 Å². The van der Waals surface area contributed by atoms with Crippen LogP contribution in [-0.4, -0.2) is 9.97 Å². The third-order valence-corrected chi connectivity index (χ3v) is 3.48. The molecule has 4 aromatic rings. The van der Waals surface area contributed by atoms with Crippen molar-refractivity contribution in [3.05, 3.63) is 84.2 Å². The highest BCUT2D eigenvalue weighted by Gasteiger charge is 1.91. The molecular weight excluding hydrogens is 268 g/mol. The second-order valence-corrected chi connectivity index (χ2v) is 5.29. The van der Waals surface area contributed by atoms with Crippen LogP contribution in [0, 0.1) is 13.8 Å². The number of rotatable bonds is 0. The second kappa shape index (κ2) is 6.35. The number of hydrogen-bond donors (Lipinski definition) is 0. The summed E-state index contributed by atoms with van der Waals surface area (Å²) in [5.41, 5.74) is 4.30. The normalized spacial score (nSPS) is 10.3. The molecule has 0 amide bonds. The molecule has 0 aliphatic carbocycles. The van der Waals surface area contributed by atoms with Gasteiger partial charge in [-0.2, -0.15) is 0 Å². The third-order valence-electron chi connectivity index (χ3n) is 3.48. The van der Waals surface area contributed by atoms with E-state index < -0.39 is 0 Å². The van der Waals surface area contributed by atoms with E-state index in [0.29, 0.717) is 0 Å². The molecule has 22 heavy (non-hydrogen) atoms. The van der Waals surface area contributed by atoms with Crippen LogP contribution < -0.4 is 0 Å². The summed E-state index contributed by atoms with van der Waals surface area (Å²) in [6.07, 6.45) is 0. The fourth-order valence-electron chi connectivity index (χ4n) is 2.34. The summed E-state index contributed by atoms with van der Waals surface area (Å²) in [4.78, 5) is 8.75. The molecule has 0 fully saturated rings. The van der Waals surface area contributed by atoms with Crippen LogP contribution in [0.5, 0.6) is 0 Å². The molecule has 0 unspecified atom stereocenters. The van der Waals surface area contributed by atoms with Gasteiger partial charge in [0.15, 0.2) is 0 Å². The lowest BCUT2D eigenvalue weighted by atomic mass is 10.2. The topological polar surface area (TPSA) is 25.8 Å². The van der Waals surface area contributed by atoms with E-state index in [0.717, 1.165) is 22.4 Å². The molecule has 0 saturated carbocycles. The maximum Gasteiger partial charge on any atom is 0.0705 e. The van der Waals surface area contributed by atoms with Gasteiger partial charge < -0.3 is 0 Å². The number of pyridine rings is 2. The smallest absolute Gasteiger partial charge is 0.0705 e. The van der Waals surface area contributed by atoms with Crippen molar-refractivity contribution < 1.29 is 0 Å². The Balaban J connectivity index is 0.000000131. The Kier molecular flexibility index (Phi) is 4.10. The van der Waals surface area contributed by atoms with Crippen molar-refractivity contribution in [2.45, 2.75) is 13.8 Å². The molecular formula is C20H18N2. The molecule has 0 N–H and O–H groups in total. The molecule has 0 atom stereocenters. The minimum absolute atomic E-state index is 1.07. The zero-order chi connectivity index (χ0) is 15.4. The van der Waals surface area contributed by atoms with E-state index in [1.807, 2.05) is 62.4 Å². The first-order chi connectivity index (χ1) is 10.7. The van der Waals surface area contributed by atoms with Crippen molar-refractivity contribution in [1.29, 1.82) is 0 Å². The van der Waals surface area contributed by atoms with E-state index >= 15 is 0 Å². The van der Waals surface area contributed by atoms with Crippen molar-refractivity contribution in [2.24, 2.45) is 0 Å². The molecule has 2 heterocycles. The first kappa shape index (κ1) is 14.2. The Morgan fingerprint density at radius 2 is 0.909 bits per heavy atom. The van der Waals surface area contributed by atoms with Crippen molar-refractivity contribution in [3.63, 3.8) is 0 Å². The number of nitrogens with zero attached hydrogens (tertiary/aromatic N) is 2. The zero-order valence-corrected chi connectivity index (χ0v) is 12.8. The van der Waals surface area contributed by atoms with E-state index in [-0.39, 0.29) is 0 Å². The lowest BCUT2D eigenvalue weighted by molar-refractivity contribution is 1.26. The van der Waals surface area contributed by atoms with Gasteiger partial charge >= 0.3 is 0 Å². The summed E-state index contributed by atoms with van der Waals surface area (Å²) in [6, 6.07) is 24.5. The van der Waals surface area contributed by atoms with Gasteiger partial charge in [-0.1, -0.05) is 48.5 Å². The average molecular weight is 286 g/mol. The largest absolute Gasteiger partial charge is 0.253 e. The molecule has 0 bridgehead atoms. The first-order valence-electron chi connectivity index (χ1n) is 7.37. The lowest BCUT2D eigenvalue weighted by Crippen LogP contribution is -1.80. The number of benzene rings is 2. The maximum atomic E-state index is 4.38. The van der Waals surface area contributed by atoms with E-state index in [2.05, 4.69) is 34.2 Å². The van der Waals surface area contributed by atoms with Gasteiger partial charge in [0.05, 0.1) is 11.0 Å². The Hall–Kier alpha value is -2.74. The van der Waals surface area contributed by atoms with Crippen LogP contribution in [0.15, 0.2) is 72.8 Å². The van der Waals surface area contributed by atoms with Gasteiger partial charge in [-0.15, -0.1) is 0 Å². The van der Waals surface area contributed by atoms with Crippen molar-refractivity contribution in [2.75, 3.05) is 0 Å². The summed E-state index contributed by atoms with van der Waals surface area (Å²) in [5, 5.41) is 2.41. The van der Waals surface area contributed by atoms with E-state index in [9.17, 15) is 0 Å². The van der Waals surface area contributed by atoms with Crippen LogP contribution in [0.25, 0.3) is 21.8 Å². The summed E-state index contributed by atoms with van der Waals surface area (Å²) in [5.74, 6) is 0. The summed E-state index contributed by atoms with van der Waals surface area (Å²) < 4.78 is 0. The van der Waals surface area contributed by atoms with Crippen LogP contribution in [0.3, 0.4) is 0 Å². The molecule has 2 aromatic heterocycles. The van der Waals surface area contributed by atoms with Gasteiger partial charge in [0.25, 0.3) is 0 Å². The van der Waals surface area contributed by atoms with Gasteiger partial charge in [-0.25, -0.2) is 0 Å². The molecule has 4 rings (SSSR count). The molecule has 0 saturated heterocycles. The predicted molar refractivity (Wildman–Crippen MR) is 93.0 cm³/mol. The highest BCUT2D eigenvalue weighted by Crippen LogP contribution is 2.11. The number of para-hydroxylation sites is 2. The Morgan fingerprint density at radius 3 is 1.36 bits per heavy atom. The Bertz CT molecular complexity index is 836. The van der Waals surface area contributed by atoms with Crippen LogP contribution in [0.2, 0.25) is 0 Å². The molecule has 2 heteroatoms. The molecule has 2 aromatic carbocycles. The molecule has 0 aliphatic heterocycles. The monoisotopic (exact) mass is 286 g/mol. The fraction of sp³-hybridized carbons (Fsp3) is 0.100. The average Bonchev–Trinajstić information content (AvgIpc) is 2.55. The minimum Gasteiger partial charge on any atom is -0.253 e. The molecule has 0 aliphatic rings. The standard InChI is InChI=1S/2C10H9N/c2*1-8-6-7-9-4-2-3-5-10(9)11-8/h2*2-7H,1H3. The number of hydrogen-bond acceptors (Lipinski definition) is 2. The molecule has 108 valence electrons. The Morgan fingerprint density at radius 1 is 0.500 bits per heavy atom. The van der Waals surface area contributed by atoms with Crippen molar-refractivity contribution in [3.8, 4) is 0 Å². The summed E-state index contributed by atoms with van der Waals surface area (Å²) >= 11 is 0. The van der Waals surface area contributed by atoms with E-state index in [1.54, 1.807) is 0 Å². The summed E-state index contributed by atoms with van der Waals surface area (Å²) in [7, 11) is 0. The Labute approximate surface area is 130 Å². The van der Waals surface area contributed by atoms with Gasteiger partial charge in [-0.05, 0) is 38.1 Å². The fourth-order valence-corrected chi connectivity index (χ4v) is 2.34. The lowest BCUT2D eigenvalue weighted by Gasteiger charge is -1.95. The van der Waals surface area contributed by atoms with Gasteiger partial charge in [-0.3, -0.25) is 9.97 Å². The van der Waals surface area contributed by atoms with Gasteiger partial charge in [0.2, 0.25) is 0 Å². The van der Waals surface area contributed by atoms with Gasteiger partial charge in [0, 0.05) is 22.2 Å². The first-order valence-corrected chi connectivity index (χ1v) is 7.37. The van der Waals surface area contributed by atoms with Crippen LogP contribution >= 0.6 is 0 Å².